The van der Waals surface area contributed by atoms with Crippen LogP contribution in [0.2, 0.25) is 0 Å². The van der Waals surface area contributed by atoms with Gasteiger partial charge in [0.15, 0.2) is 0 Å². The summed E-state index contributed by atoms with van der Waals surface area (Å²) in [4.78, 5) is 2.00. The third-order valence-electron chi connectivity index (χ3n) is 0. The van der Waals surface area contributed by atoms with Gasteiger partial charge in [0.05, 0.1) is 12.4 Å². The Morgan fingerprint density at radius 3 is 1.10 bits per heavy atom. The lowest BCUT2D eigenvalue weighted by Crippen LogP contribution is -1.99. The van der Waals surface area contributed by atoms with Gasteiger partial charge in [-0.2, -0.15) is 8.42 Å². The van der Waals surface area contributed by atoms with Crippen molar-refractivity contribution in [3.05, 3.63) is 0 Å². The second-order valence-electron chi connectivity index (χ2n) is 1.72. The average Bonchev–Trinajstić information content (AvgIpc) is 1.19. The van der Waals surface area contributed by atoms with Crippen LogP contribution in [-0.4, -0.2) is 34.5 Å². The topological polar surface area (TPSA) is 37.4 Å². The van der Waals surface area contributed by atoms with Crippen LogP contribution in [0, 0.1) is 12.4 Å². The molecule has 0 aromatic rings. The Bertz CT molecular complexity index is 133. The molecule has 0 N–H and O–H groups in total. The molecule has 0 saturated carbocycles. The molecule has 7 heteroatoms. The van der Waals surface area contributed by atoms with Gasteiger partial charge in [0.25, 0.3) is 0 Å². The zero-order chi connectivity index (χ0) is 8.08. The third kappa shape index (κ3) is 874. The van der Waals surface area contributed by atoms with Gasteiger partial charge in [0, 0.05) is 21.4 Å². The predicted molar refractivity (Wildman–Crippen MR) is 43.0 cm³/mol. The van der Waals surface area contributed by atoms with E-state index in [1.54, 1.807) is 0 Å². The molecule has 0 bridgehead atoms. The highest BCUT2D eigenvalue weighted by molar-refractivity contribution is 8.31. The molecule has 10 heavy (non-hydrogen) atoms. The number of nitrogens with zero attached hydrogens (tertiary/aromatic N) is 1. The molecule has 0 heterocycles. The molecule has 0 rings (SSSR count). The standard InChI is InChI=1S/C3H9N.Cl2O2S.ClH2/c1-4(2)3;1-5(2,3)4;/h1-3H3;;1H2/q;;+1. The van der Waals surface area contributed by atoms with Gasteiger partial charge < -0.3 is 4.90 Å². The first kappa shape index (κ1) is 17.0. The normalized spacial score (nSPS) is 9.40. The van der Waals surface area contributed by atoms with Crippen LogP contribution in [-0.2, 0) is 8.26 Å². The summed E-state index contributed by atoms with van der Waals surface area (Å²) in [6.07, 6.45) is 0. The van der Waals surface area contributed by atoms with Crippen molar-refractivity contribution in [3.63, 3.8) is 0 Å². The summed E-state index contributed by atoms with van der Waals surface area (Å²) in [6.45, 7) is 0. The minimum atomic E-state index is -3.72. The summed E-state index contributed by atoms with van der Waals surface area (Å²) in [5.41, 5.74) is 0. The van der Waals surface area contributed by atoms with E-state index in [9.17, 15) is 0 Å². The number of rotatable bonds is 0. The first-order chi connectivity index (χ1) is 3.73. The third-order valence-corrected chi connectivity index (χ3v) is 0. The van der Waals surface area contributed by atoms with E-state index < -0.39 is 8.26 Å². The van der Waals surface area contributed by atoms with E-state index in [0.29, 0.717) is 0 Å². The summed E-state index contributed by atoms with van der Waals surface area (Å²) in [5, 5.41) is 0. The summed E-state index contributed by atoms with van der Waals surface area (Å²) in [6, 6.07) is 0. The molecule has 0 aliphatic rings. The Kier molecular flexibility index (Phi) is 13.4. The van der Waals surface area contributed by atoms with E-state index in [2.05, 4.69) is 21.4 Å². The molecule has 0 aromatic heterocycles. The van der Waals surface area contributed by atoms with Gasteiger partial charge in [0.2, 0.25) is 0 Å². The highest BCUT2D eigenvalue weighted by atomic mass is 36.0. The minimum absolute atomic E-state index is 0. The van der Waals surface area contributed by atoms with Crippen LogP contribution in [0.5, 0.6) is 0 Å². The summed E-state index contributed by atoms with van der Waals surface area (Å²) >= 11 is 0. The first-order valence-electron chi connectivity index (χ1n) is 1.98. The zero-order valence-corrected chi connectivity index (χ0v) is 9.10. The summed E-state index contributed by atoms with van der Waals surface area (Å²) < 4.78 is 18.3. The van der Waals surface area contributed by atoms with E-state index in [-0.39, 0.29) is 12.4 Å². The molecule has 0 aromatic carbocycles. The molecule has 0 aliphatic heterocycles. The van der Waals surface area contributed by atoms with Crippen LogP contribution in [0.4, 0.5) is 0 Å². The van der Waals surface area contributed by atoms with Gasteiger partial charge in [-0.25, -0.2) is 0 Å². The molecular formula is C3H11Cl3NO2S+. The molecule has 0 aliphatic carbocycles. The fourth-order valence-corrected chi connectivity index (χ4v) is 0. The lowest BCUT2D eigenvalue weighted by atomic mass is 11.0. The van der Waals surface area contributed by atoms with Crippen molar-refractivity contribution in [2.75, 3.05) is 21.1 Å². The molecule has 0 spiro atoms. The molecule has 0 atom stereocenters. The summed E-state index contributed by atoms with van der Waals surface area (Å²) in [5.74, 6) is 0. The Hall–Kier alpha value is 0.780. The molecular weight excluding hydrogens is 220 g/mol. The van der Waals surface area contributed by atoms with Gasteiger partial charge in [0.1, 0.15) is 0 Å². The summed E-state index contributed by atoms with van der Waals surface area (Å²) in [7, 11) is 10.8. The van der Waals surface area contributed by atoms with Gasteiger partial charge in [-0.3, -0.25) is 0 Å². The smallest absolute Gasteiger partial charge is 0.312 e. The Balaban J connectivity index is -0.0000000910. The maximum atomic E-state index is 9.16. The van der Waals surface area contributed by atoms with Crippen molar-refractivity contribution in [1.82, 2.24) is 4.90 Å². The van der Waals surface area contributed by atoms with Gasteiger partial charge >= 0.3 is 8.26 Å². The fourth-order valence-electron chi connectivity index (χ4n) is 0. The molecule has 0 amide bonds. The first-order valence-corrected chi connectivity index (χ1v) is 5.12. The number of hydrogen-bond acceptors (Lipinski definition) is 3. The lowest BCUT2D eigenvalue weighted by Gasteiger charge is -1.90. The fraction of sp³-hybridized carbons (Fsp3) is 1.00. The van der Waals surface area contributed by atoms with Crippen molar-refractivity contribution in [3.8, 4) is 0 Å². The molecule has 0 saturated heterocycles. The quantitative estimate of drug-likeness (QED) is 0.565. The maximum Gasteiger partial charge on any atom is 0.317 e. The SMILES string of the molecule is CN(C)C.O=S(=O)(Cl)Cl.[ClH2+]. The Morgan fingerprint density at radius 2 is 1.10 bits per heavy atom. The van der Waals surface area contributed by atoms with Gasteiger partial charge in [-0.1, -0.05) is 0 Å². The number of halogens is 3. The largest absolute Gasteiger partial charge is 0.317 e. The molecule has 0 fully saturated rings. The Labute approximate surface area is 76.6 Å². The molecule has 0 unspecified atom stereocenters. The van der Waals surface area contributed by atoms with Crippen LogP contribution in [0.25, 0.3) is 0 Å². The average molecular weight is 232 g/mol. The zero-order valence-electron chi connectivity index (χ0n) is 5.88. The van der Waals surface area contributed by atoms with E-state index in [1.165, 1.54) is 0 Å². The molecule has 66 valence electrons. The van der Waals surface area contributed by atoms with Crippen molar-refractivity contribution in [1.29, 1.82) is 0 Å². The number of hydrogen-bond donors (Lipinski definition) is 0. The van der Waals surface area contributed by atoms with Crippen LogP contribution >= 0.6 is 21.4 Å². The Morgan fingerprint density at radius 1 is 1.10 bits per heavy atom. The van der Waals surface area contributed by atoms with Crippen LogP contribution in [0.15, 0.2) is 0 Å². The lowest BCUT2D eigenvalue weighted by molar-refractivity contribution is -0.00000424. The van der Waals surface area contributed by atoms with Gasteiger partial charge in [-0.05, 0) is 21.1 Å². The second-order valence-corrected chi connectivity index (χ2v) is 5.39. The molecule has 0 radical (unpaired) electrons. The van der Waals surface area contributed by atoms with Crippen molar-refractivity contribution in [2.24, 2.45) is 0 Å². The highest BCUT2D eigenvalue weighted by Gasteiger charge is 1.88. The van der Waals surface area contributed by atoms with Crippen LogP contribution < -0.4 is 0 Å². The second kappa shape index (κ2) is 7.88. The van der Waals surface area contributed by atoms with Gasteiger partial charge in [-0.15, -0.1) is 0 Å². The maximum absolute atomic E-state index is 9.16. The van der Waals surface area contributed by atoms with Crippen molar-refractivity contribution in [2.45, 2.75) is 0 Å². The monoisotopic (exact) mass is 230 g/mol. The van der Waals surface area contributed by atoms with E-state index in [1.807, 2.05) is 26.0 Å². The minimum Gasteiger partial charge on any atom is -0.312 e. The van der Waals surface area contributed by atoms with Crippen LogP contribution in [0.3, 0.4) is 0 Å². The van der Waals surface area contributed by atoms with E-state index in [4.69, 9.17) is 8.42 Å². The van der Waals surface area contributed by atoms with Crippen molar-refractivity contribution >= 4 is 29.6 Å². The van der Waals surface area contributed by atoms with E-state index in [0.717, 1.165) is 0 Å². The molecule has 3 nitrogen and oxygen atoms in total. The highest BCUT2D eigenvalue weighted by Crippen LogP contribution is 1.98. The van der Waals surface area contributed by atoms with Crippen LogP contribution in [0.1, 0.15) is 0 Å². The van der Waals surface area contributed by atoms with Crippen molar-refractivity contribution < 1.29 is 20.8 Å². The van der Waals surface area contributed by atoms with E-state index >= 15 is 0 Å². The predicted octanol–water partition coefficient (Wildman–Crippen LogP) is 0.351.